The van der Waals surface area contributed by atoms with Crippen LogP contribution < -0.4 is 5.32 Å². The summed E-state index contributed by atoms with van der Waals surface area (Å²) in [5.74, 6) is 0.861. The molecule has 1 N–H and O–H groups in total. The van der Waals surface area contributed by atoms with Gasteiger partial charge in [-0.25, -0.2) is 4.79 Å². The number of piperidine rings is 1. The van der Waals surface area contributed by atoms with Crippen LogP contribution in [0.15, 0.2) is 28.8 Å². The second kappa shape index (κ2) is 7.33. The van der Waals surface area contributed by atoms with Crippen molar-refractivity contribution in [3.63, 3.8) is 0 Å². The van der Waals surface area contributed by atoms with Crippen LogP contribution in [0.4, 0.5) is 4.79 Å². The van der Waals surface area contributed by atoms with E-state index in [1.165, 1.54) is 7.11 Å². The van der Waals surface area contributed by atoms with Crippen molar-refractivity contribution in [2.24, 2.45) is 0 Å². The predicted molar refractivity (Wildman–Crippen MR) is 88.9 cm³/mol. The van der Waals surface area contributed by atoms with Gasteiger partial charge >= 0.3 is 6.09 Å². The Kier molecular flexibility index (Phi) is 4.97. The van der Waals surface area contributed by atoms with Crippen LogP contribution in [-0.2, 0) is 4.74 Å². The molecule has 0 bridgehead atoms. The first-order valence-corrected chi connectivity index (χ1v) is 8.11. The van der Waals surface area contributed by atoms with Gasteiger partial charge in [-0.3, -0.25) is 4.79 Å². The molecule has 0 radical (unpaired) electrons. The number of likely N-dealkylation sites (tertiary alicyclic amines) is 1. The van der Waals surface area contributed by atoms with Gasteiger partial charge in [-0.05, 0) is 44.0 Å². The molecule has 1 aromatic heterocycles. The van der Waals surface area contributed by atoms with E-state index in [9.17, 15) is 9.59 Å². The zero-order chi connectivity index (χ0) is 17.8. The Labute approximate surface area is 145 Å². The van der Waals surface area contributed by atoms with E-state index in [1.807, 2.05) is 0 Å². The number of nitrogens with one attached hydrogen (secondary N) is 1. The highest BCUT2D eigenvalue weighted by atomic mass is 16.5. The van der Waals surface area contributed by atoms with E-state index in [2.05, 4.69) is 15.5 Å². The standard InChI is InChI=1S/C17H20N4O4/c1-11-18-16(25-20-11)13-5-3-12(4-6-13)15(22)19-14-7-9-21(10-8-14)17(23)24-2/h3-6,14H,7-10H2,1-2H3,(H,19,22). The fourth-order valence-corrected chi connectivity index (χ4v) is 2.78. The lowest BCUT2D eigenvalue weighted by Gasteiger charge is -2.31. The molecule has 132 valence electrons. The van der Waals surface area contributed by atoms with Gasteiger partial charge in [0, 0.05) is 30.3 Å². The van der Waals surface area contributed by atoms with E-state index in [0.29, 0.717) is 43.2 Å². The van der Waals surface area contributed by atoms with E-state index in [0.717, 1.165) is 5.56 Å². The Morgan fingerprint density at radius 3 is 2.48 bits per heavy atom. The van der Waals surface area contributed by atoms with Crippen molar-refractivity contribution >= 4 is 12.0 Å². The number of ether oxygens (including phenoxy) is 1. The first kappa shape index (κ1) is 16.9. The van der Waals surface area contributed by atoms with Crippen LogP contribution >= 0.6 is 0 Å². The molecular formula is C17H20N4O4. The highest BCUT2D eigenvalue weighted by Gasteiger charge is 2.24. The molecule has 0 aliphatic carbocycles. The lowest BCUT2D eigenvalue weighted by atomic mass is 10.0. The second-order valence-corrected chi connectivity index (χ2v) is 5.93. The first-order chi connectivity index (χ1) is 12.1. The molecule has 0 spiro atoms. The molecule has 2 amide bonds. The Morgan fingerprint density at radius 2 is 1.92 bits per heavy atom. The summed E-state index contributed by atoms with van der Waals surface area (Å²) in [6, 6.07) is 7.07. The molecule has 2 heterocycles. The molecule has 1 aliphatic rings. The van der Waals surface area contributed by atoms with Crippen LogP contribution in [0.5, 0.6) is 0 Å². The predicted octanol–water partition coefficient (Wildman–Crippen LogP) is 2.01. The highest BCUT2D eigenvalue weighted by molar-refractivity contribution is 5.94. The summed E-state index contributed by atoms with van der Waals surface area (Å²) in [5.41, 5.74) is 1.33. The highest BCUT2D eigenvalue weighted by Crippen LogP contribution is 2.18. The zero-order valence-corrected chi connectivity index (χ0v) is 14.2. The Hall–Kier alpha value is -2.90. The third-order valence-electron chi connectivity index (χ3n) is 4.18. The monoisotopic (exact) mass is 344 g/mol. The Balaban J connectivity index is 1.56. The van der Waals surface area contributed by atoms with Crippen molar-refractivity contribution in [2.75, 3.05) is 20.2 Å². The molecule has 0 atom stereocenters. The van der Waals surface area contributed by atoms with Gasteiger partial charge in [0.15, 0.2) is 5.82 Å². The van der Waals surface area contributed by atoms with Crippen molar-refractivity contribution in [3.8, 4) is 11.5 Å². The number of hydrogen-bond donors (Lipinski definition) is 1. The summed E-state index contributed by atoms with van der Waals surface area (Å²) in [5, 5.41) is 6.76. The normalized spacial score (nSPS) is 15.0. The van der Waals surface area contributed by atoms with E-state index in [4.69, 9.17) is 9.26 Å². The van der Waals surface area contributed by atoms with Gasteiger partial charge in [0.2, 0.25) is 0 Å². The van der Waals surface area contributed by atoms with Gasteiger partial charge in [-0.2, -0.15) is 4.98 Å². The topological polar surface area (TPSA) is 97.6 Å². The number of carbonyl (C=O) groups is 2. The average Bonchev–Trinajstić information content (AvgIpc) is 3.08. The van der Waals surface area contributed by atoms with Crippen LogP contribution in [0.3, 0.4) is 0 Å². The van der Waals surface area contributed by atoms with Crippen LogP contribution in [-0.4, -0.2) is 53.3 Å². The SMILES string of the molecule is COC(=O)N1CCC(NC(=O)c2ccc(-c3nc(C)no3)cc2)CC1. The lowest BCUT2D eigenvalue weighted by Crippen LogP contribution is -2.46. The second-order valence-electron chi connectivity index (χ2n) is 5.93. The summed E-state index contributed by atoms with van der Waals surface area (Å²) < 4.78 is 9.81. The maximum atomic E-state index is 12.4. The maximum Gasteiger partial charge on any atom is 0.409 e. The number of rotatable bonds is 3. The molecule has 3 rings (SSSR count). The van der Waals surface area contributed by atoms with E-state index in [-0.39, 0.29) is 18.0 Å². The lowest BCUT2D eigenvalue weighted by molar-refractivity contribution is 0.0892. The summed E-state index contributed by atoms with van der Waals surface area (Å²) in [6.07, 6.45) is 1.09. The summed E-state index contributed by atoms with van der Waals surface area (Å²) in [6.45, 7) is 2.90. The molecule has 2 aromatic rings. The largest absolute Gasteiger partial charge is 0.453 e. The number of aryl methyl sites for hydroxylation is 1. The third kappa shape index (κ3) is 3.96. The van der Waals surface area contributed by atoms with Gasteiger partial charge in [0.1, 0.15) is 0 Å². The number of methoxy groups -OCH3 is 1. The smallest absolute Gasteiger partial charge is 0.409 e. The van der Waals surface area contributed by atoms with Crippen LogP contribution in [0.25, 0.3) is 11.5 Å². The molecule has 0 saturated carbocycles. The molecule has 1 aromatic carbocycles. The van der Waals surface area contributed by atoms with Gasteiger partial charge in [0.05, 0.1) is 7.11 Å². The van der Waals surface area contributed by atoms with Crippen LogP contribution in [0.2, 0.25) is 0 Å². The van der Waals surface area contributed by atoms with Gasteiger partial charge in [-0.1, -0.05) is 5.16 Å². The van der Waals surface area contributed by atoms with Crippen molar-refractivity contribution < 1.29 is 18.8 Å². The number of amides is 2. The van der Waals surface area contributed by atoms with Gasteiger partial charge in [0.25, 0.3) is 11.8 Å². The van der Waals surface area contributed by atoms with Crippen LogP contribution in [0.1, 0.15) is 29.0 Å². The minimum atomic E-state index is -0.323. The molecule has 25 heavy (non-hydrogen) atoms. The molecule has 1 saturated heterocycles. The zero-order valence-electron chi connectivity index (χ0n) is 14.2. The Bertz CT molecular complexity index is 748. The molecular weight excluding hydrogens is 324 g/mol. The van der Waals surface area contributed by atoms with Gasteiger partial charge < -0.3 is 19.5 Å². The summed E-state index contributed by atoms with van der Waals surface area (Å²) >= 11 is 0. The maximum absolute atomic E-state index is 12.4. The van der Waals surface area contributed by atoms with E-state index < -0.39 is 0 Å². The van der Waals surface area contributed by atoms with Crippen molar-refractivity contribution in [3.05, 3.63) is 35.7 Å². The quantitative estimate of drug-likeness (QED) is 0.915. The minimum absolute atomic E-state index is 0.0478. The minimum Gasteiger partial charge on any atom is -0.453 e. The number of hydrogen-bond acceptors (Lipinski definition) is 6. The van der Waals surface area contributed by atoms with Crippen molar-refractivity contribution in [1.29, 1.82) is 0 Å². The Morgan fingerprint density at radius 1 is 1.24 bits per heavy atom. The number of aromatic nitrogens is 2. The summed E-state index contributed by atoms with van der Waals surface area (Å²) in [4.78, 5) is 29.6. The van der Waals surface area contributed by atoms with E-state index >= 15 is 0 Å². The number of nitrogens with zero attached hydrogens (tertiary/aromatic N) is 3. The molecule has 0 unspecified atom stereocenters. The molecule has 1 fully saturated rings. The fourth-order valence-electron chi connectivity index (χ4n) is 2.78. The van der Waals surface area contributed by atoms with Crippen LogP contribution in [0, 0.1) is 6.92 Å². The summed E-state index contributed by atoms with van der Waals surface area (Å²) in [7, 11) is 1.37. The number of benzene rings is 1. The molecule has 1 aliphatic heterocycles. The molecule has 8 heteroatoms. The first-order valence-electron chi connectivity index (χ1n) is 8.11. The average molecular weight is 344 g/mol. The fraction of sp³-hybridized carbons (Fsp3) is 0.412. The van der Waals surface area contributed by atoms with Crippen molar-refractivity contribution in [2.45, 2.75) is 25.8 Å². The third-order valence-corrected chi connectivity index (χ3v) is 4.18. The number of carbonyl (C=O) groups excluding carboxylic acids is 2. The van der Waals surface area contributed by atoms with E-state index in [1.54, 1.807) is 36.1 Å². The van der Waals surface area contributed by atoms with Crippen molar-refractivity contribution in [1.82, 2.24) is 20.4 Å². The van der Waals surface area contributed by atoms with Gasteiger partial charge in [-0.15, -0.1) is 0 Å². The molecule has 8 nitrogen and oxygen atoms in total.